The van der Waals surface area contributed by atoms with Gasteiger partial charge in [0.05, 0.1) is 0 Å². The molecule has 7 nitrogen and oxygen atoms in total. The highest BCUT2D eigenvalue weighted by Crippen LogP contribution is 2.23. The maximum atomic E-state index is 3.93. The Kier molecular flexibility index (Phi) is 6.81. The van der Waals surface area contributed by atoms with Crippen molar-refractivity contribution in [2.24, 2.45) is 0 Å². The Bertz CT molecular complexity index is 1140. The lowest BCUT2D eigenvalue weighted by molar-refractivity contribution is 0.0939. The van der Waals surface area contributed by atoms with Crippen LogP contribution >= 0.6 is 0 Å². The third-order valence-electron chi connectivity index (χ3n) is 6.80. The van der Waals surface area contributed by atoms with Gasteiger partial charge in [-0.2, -0.15) is 0 Å². The highest BCUT2D eigenvalue weighted by atomic mass is 15.3. The molecule has 3 heterocycles. The maximum absolute atomic E-state index is 3.93. The van der Waals surface area contributed by atoms with Crippen molar-refractivity contribution < 1.29 is 0 Å². The highest BCUT2D eigenvalue weighted by Gasteiger charge is 2.23. The molecule has 0 spiro atoms. The van der Waals surface area contributed by atoms with Gasteiger partial charge >= 0.3 is 0 Å². The van der Waals surface area contributed by atoms with E-state index in [9.17, 15) is 0 Å². The lowest BCUT2D eigenvalue weighted by Crippen LogP contribution is -2.55. The van der Waals surface area contributed by atoms with Crippen LogP contribution < -0.4 is 5.32 Å². The van der Waals surface area contributed by atoms with E-state index in [0.29, 0.717) is 6.04 Å². The number of rotatable bonds is 9. The lowest BCUT2D eigenvalue weighted by Gasteiger charge is -2.39. The number of likely N-dealkylation sites (N-methyl/N-ethyl adjacent to an activating group) is 1. The molecule has 172 valence electrons. The van der Waals surface area contributed by atoms with Gasteiger partial charge in [0.1, 0.15) is 12.7 Å². The van der Waals surface area contributed by atoms with Crippen LogP contribution in [0, 0.1) is 0 Å². The predicted molar refractivity (Wildman–Crippen MR) is 133 cm³/mol. The van der Waals surface area contributed by atoms with Gasteiger partial charge in [0.15, 0.2) is 0 Å². The first-order chi connectivity index (χ1) is 16.3. The Hall–Kier alpha value is -3.00. The molecule has 1 unspecified atom stereocenters. The molecule has 0 saturated carbocycles. The predicted octanol–water partition coefficient (Wildman–Crippen LogP) is 3.09. The standard InChI is InChI=1S/C26H33N7/c1-31-12-13-32(18-24(31)17-27-15-21-6-3-2-4-7-21)11-5-8-22-16-28-26-10-9-23(14-25(22)26)33-19-29-30-20-33/h2-4,6-7,9-10,14,16,19-20,24,27-28H,5,8,11-13,15,17-18H2,1H3. The largest absolute Gasteiger partial charge is 0.361 e. The van der Waals surface area contributed by atoms with Gasteiger partial charge in [0.2, 0.25) is 0 Å². The number of piperazine rings is 1. The summed E-state index contributed by atoms with van der Waals surface area (Å²) in [6, 6.07) is 17.7. The molecule has 2 aromatic heterocycles. The number of aryl methyl sites for hydroxylation is 1. The van der Waals surface area contributed by atoms with Crippen LogP contribution in [-0.2, 0) is 13.0 Å². The number of benzene rings is 2. The zero-order valence-electron chi connectivity index (χ0n) is 19.3. The molecule has 0 radical (unpaired) electrons. The third kappa shape index (κ3) is 5.33. The van der Waals surface area contributed by atoms with Crippen molar-refractivity contribution in [1.82, 2.24) is 34.9 Å². The van der Waals surface area contributed by atoms with Gasteiger partial charge in [-0.3, -0.25) is 9.47 Å². The van der Waals surface area contributed by atoms with Gasteiger partial charge in [-0.05, 0) is 55.8 Å². The number of H-pyrrole nitrogens is 1. The van der Waals surface area contributed by atoms with Gasteiger partial charge in [0, 0.05) is 61.6 Å². The van der Waals surface area contributed by atoms with Crippen molar-refractivity contribution in [3.05, 3.63) is 78.5 Å². The molecule has 0 aliphatic carbocycles. The van der Waals surface area contributed by atoms with Crippen LogP contribution in [0.5, 0.6) is 0 Å². The molecule has 0 bridgehead atoms. The van der Waals surface area contributed by atoms with Gasteiger partial charge < -0.3 is 15.2 Å². The molecule has 1 aliphatic heterocycles. The fraction of sp³-hybridized carbons (Fsp3) is 0.385. The van der Waals surface area contributed by atoms with E-state index in [-0.39, 0.29) is 0 Å². The highest BCUT2D eigenvalue weighted by molar-refractivity contribution is 5.85. The van der Waals surface area contributed by atoms with E-state index in [4.69, 9.17) is 0 Å². The Labute approximate surface area is 195 Å². The van der Waals surface area contributed by atoms with E-state index >= 15 is 0 Å². The number of aromatic nitrogens is 4. The number of nitrogens with zero attached hydrogens (tertiary/aromatic N) is 5. The van der Waals surface area contributed by atoms with Crippen molar-refractivity contribution in [3.63, 3.8) is 0 Å². The average Bonchev–Trinajstić information content (AvgIpc) is 3.52. The van der Waals surface area contributed by atoms with Gasteiger partial charge in [-0.25, -0.2) is 0 Å². The monoisotopic (exact) mass is 443 g/mol. The summed E-state index contributed by atoms with van der Waals surface area (Å²) in [6.45, 7) is 6.51. The minimum Gasteiger partial charge on any atom is -0.361 e. The maximum Gasteiger partial charge on any atom is 0.123 e. The second kappa shape index (κ2) is 10.3. The fourth-order valence-electron chi connectivity index (χ4n) is 4.77. The molecular formula is C26H33N7. The molecule has 1 fully saturated rings. The summed E-state index contributed by atoms with van der Waals surface area (Å²) in [5, 5.41) is 12.8. The Balaban J connectivity index is 1.13. The summed E-state index contributed by atoms with van der Waals surface area (Å²) < 4.78 is 1.95. The number of aromatic amines is 1. The molecular weight excluding hydrogens is 410 g/mol. The minimum absolute atomic E-state index is 0.557. The van der Waals surface area contributed by atoms with Crippen molar-refractivity contribution in [2.45, 2.75) is 25.4 Å². The molecule has 7 heteroatoms. The van der Waals surface area contributed by atoms with Crippen LogP contribution in [-0.4, -0.2) is 75.4 Å². The van der Waals surface area contributed by atoms with Crippen LogP contribution in [0.15, 0.2) is 67.4 Å². The third-order valence-corrected chi connectivity index (χ3v) is 6.80. The zero-order valence-corrected chi connectivity index (χ0v) is 19.3. The molecule has 1 saturated heterocycles. The lowest BCUT2D eigenvalue weighted by atomic mass is 10.1. The van der Waals surface area contributed by atoms with Crippen LogP contribution in [0.25, 0.3) is 16.6 Å². The first-order valence-corrected chi connectivity index (χ1v) is 11.9. The average molecular weight is 444 g/mol. The number of nitrogens with one attached hydrogen (secondary N) is 2. The van der Waals surface area contributed by atoms with E-state index in [2.05, 4.69) is 92.1 Å². The van der Waals surface area contributed by atoms with Crippen LogP contribution in [0.3, 0.4) is 0 Å². The molecule has 1 atom stereocenters. The van der Waals surface area contributed by atoms with Crippen molar-refractivity contribution in [3.8, 4) is 5.69 Å². The van der Waals surface area contributed by atoms with Gasteiger partial charge in [-0.1, -0.05) is 30.3 Å². The fourth-order valence-corrected chi connectivity index (χ4v) is 4.77. The molecule has 2 aromatic carbocycles. The van der Waals surface area contributed by atoms with E-state index < -0.39 is 0 Å². The minimum atomic E-state index is 0.557. The van der Waals surface area contributed by atoms with E-state index in [1.54, 1.807) is 12.7 Å². The summed E-state index contributed by atoms with van der Waals surface area (Å²) in [6.07, 6.45) is 7.89. The molecule has 0 amide bonds. The van der Waals surface area contributed by atoms with Gasteiger partial charge in [-0.15, -0.1) is 10.2 Å². The second-order valence-electron chi connectivity index (χ2n) is 9.07. The van der Waals surface area contributed by atoms with Crippen molar-refractivity contribution in [1.29, 1.82) is 0 Å². The van der Waals surface area contributed by atoms with E-state index in [1.807, 2.05) is 4.57 Å². The number of hydrogen-bond donors (Lipinski definition) is 2. The number of fused-ring (bicyclic) bond motifs is 1. The summed E-state index contributed by atoms with van der Waals surface area (Å²) in [5.41, 5.74) is 5.01. The molecule has 5 rings (SSSR count). The summed E-state index contributed by atoms with van der Waals surface area (Å²) in [4.78, 5) is 8.56. The quantitative estimate of drug-likeness (QED) is 0.416. The summed E-state index contributed by atoms with van der Waals surface area (Å²) in [5.74, 6) is 0. The van der Waals surface area contributed by atoms with E-state index in [1.165, 1.54) is 22.0 Å². The van der Waals surface area contributed by atoms with Crippen molar-refractivity contribution >= 4 is 10.9 Å². The Morgan fingerprint density at radius 1 is 1.06 bits per heavy atom. The molecule has 1 aliphatic rings. The SMILES string of the molecule is CN1CCN(CCCc2c[nH]c3ccc(-n4cnnc4)cc23)CC1CNCc1ccccc1. The van der Waals surface area contributed by atoms with Crippen LogP contribution in [0.2, 0.25) is 0 Å². The second-order valence-corrected chi connectivity index (χ2v) is 9.07. The first kappa shape index (κ1) is 21.8. The molecule has 2 N–H and O–H groups in total. The smallest absolute Gasteiger partial charge is 0.123 e. The Morgan fingerprint density at radius 3 is 2.76 bits per heavy atom. The van der Waals surface area contributed by atoms with E-state index in [0.717, 1.165) is 57.8 Å². The molecule has 33 heavy (non-hydrogen) atoms. The molecule has 4 aromatic rings. The number of hydrogen-bond acceptors (Lipinski definition) is 5. The van der Waals surface area contributed by atoms with Crippen molar-refractivity contribution in [2.75, 3.05) is 39.8 Å². The first-order valence-electron chi connectivity index (χ1n) is 11.9. The van der Waals surface area contributed by atoms with Gasteiger partial charge in [0.25, 0.3) is 0 Å². The summed E-state index contributed by atoms with van der Waals surface area (Å²) in [7, 11) is 2.26. The van der Waals surface area contributed by atoms with Crippen LogP contribution in [0.4, 0.5) is 0 Å². The normalized spacial score (nSPS) is 17.7. The zero-order chi connectivity index (χ0) is 22.5. The van der Waals surface area contributed by atoms with Crippen LogP contribution in [0.1, 0.15) is 17.5 Å². The summed E-state index contributed by atoms with van der Waals surface area (Å²) >= 11 is 0. The topological polar surface area (TPSA) is 65.0 Å². The Morgan fingerprint density at radius 2 is 1.91 bits per heavy atom.